The van der Waals surface area contributed by atoms with Crippen LogP contribution in [0.25, 0.3) is 0 Å². The van der Waals surface area contributed by atoms with Crippen LogP contribution in [0.1, 0.15) is 6.92 Å². The van der Waals surface area contributed by atoms with Gasteiger partial charge in [-0.25, -0.2) is 4.79 Å². The van der Waals surface area contributed by atoms with E-state index in [2.05, 4.69) is 16.2 Å². The molecule has 1 rings (SSSR count). The molecular formula is C12H14Cl2N4O3S. The van der Waals surface area contributed by atoms with Crippen LogP contribution in [0.5, 0.6) is 0 Å². The van der Waals surface area contributed by atoms with Gasteiger partial charge in [-0.1, -0.05) is 23.2 Å². The van der Waals surface area contributed by atoms with Gasteiger partial charge in [0.25, 0.3) is 5.91 Å². The molecule has 0 aliphatic heterocycles. The lowest BCUT2D eigenvalue weighted by atomic mass is 10.3. The molecule has 120 valence electrons. The Morgan fingerprint density at radius 3 is 2.59 bits per heavy atom. The summed E-state index contributed by atoms with van der Waals surface area (Å²) in [6, 6.07) is 3.21. The average molecular weight is 365 g/mol. The smallest absolute Gasteiger partial charge is 0.312 e. The molecule has 0 saturated heterocycles. The van der Waals surface area contributed by atoms with Crippen molar-refractivity contribution >= 4 is 52.8 Å². The normalized spacial score (nSPS) is 11.4. The summed E-state index contributed by atoms with van der Waals surface area (Å²) in [5.41, 5.74) is 9.26. The van der Waals surface area contributed by atoms with Gasteiger partial charge >= 0.3 is 6.03 Å². The molecule has 5 N–H and O–H groups in total. The fourth-order valence-electron chi connectivity index (χ4n) is 1.29. The van der Waals surface area contributed by atoms with Crippen molar-refractivity contribution in [3.05, 3.63) is 28.2 Å². The van der Waals surface area contributed by atoms with Crippen molar-refractivity contribution in [2.45, 2.75) is 17.9 Å². The predicted molar refractivity (Wildman–Crippen MR) is 85.7 cm³/mol. The Bertz CT molecular complexity index is 585. The average Bonchev–Trinajstić information content (AvgIpc) is 2.44. The maximum Gasteiger partial charge on any atom is 0.312 e. The zero-order valence-corrected chi connectivity index (χ0v) is 13.8. The summed E-state index contributed by atoms with van der Waals surface area (Å²) in [4.78, 5) is 34.4. The molecule has 0 spiro atoms. The van der Waals surface area contributed by atoms with E-state index in [-0.39, 0.29) is 5.75 Å². The third kappa shape index (κ3) is 6.42. The summed E-state index contributed by atoms with van der Waals surface area (Å²) in [6.45, 7) is 1.42. The molecule has 0 heterocycles. The largest absolute Gasteiger partial charge is 0.352 e. The highest BCUT2D eigenvalue weighted by molar-refractivity contribution is 8.00. The van der Waals surface area contributed by atoms with Gasteiger partial charge in [0.1, 0.15) is 6.04 Å². The van der Waals surface area contributed by atoms with Crippen LogP contribution in [0.4, 0.5) is 4.79 Å². The van der Waals surface area contributed by atoms with Gasteiger partial charge in [-0.05, 0) is 25.1 Å². The molecule has 1 aromatic carbocycles. The number of hydrazine groups is 1. The number of carbonyl (C=O) groups excluding carboxylic acids is 3. The number of amides is 4. The van der Waals surface area contributed by atoms with E-state index in [1.165, 1.54) is 18.7 Å². The van der Waals surface area contributed by atoms with Crippen LogP contribution in [0.3, 0.4) is 0 Å². The molecule has 0 unspecified atom stereocenters. The molecule has 0 bridgehead atoms. The molecule has 0 aliphatic rings. The third-order valence-electron chi connectivity index (χ3n) is 2.33. The minimum Gasteiger partial charge on any atom is -0.352 e. The molecule has 0 aliphatic carbocycles. The number of rotatable bonds is 5. The molecular weight excluding hydrogens is 351 g/mol. The fourth-order valence-corrected chi connectivity index (χ4v) is 2.58. The molecule has 0 saturated carbocycles. The second-order valence-electron chi connectivity index (χ2n) is 4.13. The van der Waals surface area contributed by atoms with E-state index in [0.29, 0.717) is 14.9 Å². The van der Waals surface area contributed by atoms with Gasteiger partial charge in [0, 0.05) is 9.92 Å². The number of nitrogens with two attached hydrogens (primary N) is 1. The first-order valence-corrected chi connectivity index (χ1v) is 7.76. The van der Waals surface area contributed by atoms with E-state index in [0.717, 1.165) is 0 Å². The van der Waals surface area contributed by atoms with Crippen molar-refractivity contribution in [1.82, 2.24) is 16.2 Å². The molecule has 1 atom stereocenters. The number of hydrogen-bond acceptors (Lipinski definition) is 4. The van der Waals surface area contributed by atoms with Crippen LogP contribution in [0.15, 0.2) is 23.1 Å². The molecule has 0 fully saturated rings. The van der Waals surface area contributed by atoms with Gasteiger partial charge in [-0.3, -0.25) is 20.4 Å². The van der Waals surface area contributed by atoms with E-state index in [4.69, 9.17) is 28.9 Å². The van der Waals surface area contributed by atoms with Gasteiger partial charge < -0.3 is 11.1 Å². The molecule has 22 heavy (non-hydrogen) atoms. The van der Waals surface area contributed by atoms with Crippen molar-refractivity contribution in [3.8, 4) is 0 Å². The summed E-state index contributed by atoms with van der Waals surface area (Å²) in [5, 5.41) is 3.16. The van der Waals surface area contributed by atoms with E-state index in [9.17, 15) is 14.4 Å². The summed E-state index contributed by atoms with van der Waals surface area (Å²) in [5.74, 6) is -1.02. The van der Waals surface area contributed by atoms with Crippen LogP contribution in [-0.2, 0) is 9.59 Å². The summed E-state index contributed by atoms with van der Waals surface area (Å²) in [7, 11) is 0. The molecule has 0 radical (unpaired) electrons. The van der Waals surface area contributed by atoms with Gasteiger partial charge in [0.2, 0.25) is 5.91 Å². The lowest BCUT2D eigenvalue weighted by molar-refractivity contribution is -0.128. The number of carbonyl (C=O) groups is 3. The topological polar surface area (TPSA) is 113 Å². The molecule has 0 aromatic heterocycles. The number of nitrogens with one attached hydrogen (secondary N) is 3. The first-order valence-electron chi connectivity index (χ1n) is 6.02. The highest BCUT2D eigenvalue weighted by Crippen LogP contribution is 2.29. The maximum atomic E-state index is 11.6. The number of primary amides is 1. The Balaban J connectivity index is 2.39. The first kappa shape index (κ1) is 18.4. The summed E-state index contributed by atoms with van der Waals surface area (Å²) >= 11 is 13.0. The first-order chi connectivity index (χ1) is 10.3. The molecule has 4 amide bonds. The van der Waals surface area contributed by atoms with Gasteiger partial charge in [0.15, 0.2) is 0 Å². The second kappa shape index (κ2) is 8.72. The number of benzene rings is 1. The summed E-state index contributed by atoms with van der Waals surface area (Å²) < 4.78 is 0. The van der Waals surface area contributed by atoms with Crippen molar-refractivity contribution in [3.63, 3.8) is 0 Å². The Morgan fingerprint density at radius 1 is 1.27 bits per heavy atom. The number of halogens is 2. The second-order valence-corrected chi connectivity index (χ2v) is 5.99. The highest BCUT2D eigenvalue weighted by Gasteiger charge is 2.14. The minimum atomic E-state index is -0.868. The Labute approximate surface area is 141 Å². The number of urea groups is 1. The maximum absolute atomic E-state index is 11.6. The molecule has 7 nitrogen and oxygen atoms in total. The highest BCUT2D eigenvalue weighted by atomic mass is 35.5. The van der Waals surface area contributed by atoms with Crippen molar-refractivity contribution in [2.24, 2.45) is 5.73 Å². The lowest BCUT2D eigenvalue weighted by Gasteiger charge is -2.13. The zero-order chi connectivity index (χ0) is 16.7. The Morgan fingerprint density at radius 2 is 1.95 bits per heavy atom. The summed E-state index contributed by atoms with van der Waals surface area (Å²) in [6.07, 6.45) is 0. The van der Waals surface area contributed by atoms with Crippen LogP contribution < -0.4 is 21.9 Å². The Hall–Kier alpha value is -1.64. The van der Waals surface area contributed by atoms with E-state index in [1.807, 2.05) is 0 Å². The third-order valence-corrected chi connectivity index (χ3v) is 4.06. The monoisotopic (exact) mass is 364 g/mol. The zero-order valence-electron chi connectivity index (χ0n) is 11.5. The van der Waals surface area contributed by atoms with E-state index < -0.39 is 23.9 Å². The number of hydrogen-bond donors (Lipinski definition) is 4. The lowest BCUT2D eigenvalue weighted by Crippen LogP contribution is -2.52. The quantitative estimate of drug-likeness (QED) is 0.465. The Kier molecular flexibility index (Phi) is 7.30. The SMILES string of the molecule is C[C@@H](NC(N)=O)C(=O)NNC(=O)CSc1cc(Cl)ccc1Cl. The van der Waals surface area contributed by atoms with Crippen molar-refractivity contribution in [2.75, 3.05) is 5.75 Å². The van der Waals surface area contributed by atoms with Gasteiger partial charge in [-0.2, -0.15) is 0 Å². The van der Waals surface area contributed by atoms with Crippen LogP contribution in [0.2, 0.25) is 10.0 Å². The van der Waals surface area contributed by atoms with Crippen LogP contribution in [0, 0.1) is 0 Å². The molecule has 10 heteroatoms. The van der Waals surface area contributed by atoms with Crippen LogP contribution in [-0.4, -0.2) is 29.6 Å². The standard InChI is InChI=1S/C12H14Cl2N4O3S/c1-6(16-12(15)21)11(20)18-17-10(19)5-22-9-4-7(13)2-3-8(9)14/h2-4,6H,5H2,1H3,(H,17,19)(H,18,20)(H3,15,16,21)/t6-/m1/s1. The van der Waals surface area contributed by atoms with Gasteiger partial charge in [-0.15, -0.1) is 11.8 Å². The predicted octanol–water partition coefficient (Wildman–Crippen LogP) is 1.29. The van der Waals surface area contributed by atoms with Crippen molar-refractivity contribution in [1.29, 1.82) is 0 Å². The fraction of sp³-hybridized carbons (Fsp3) is 0.250. The van der Waals surface area contributed by atoms with Gasteiger partial charge in [0.05, 0.1) is 10.8 Å². The minimum absolute atomic E-state index is 0.0258. The van der Waals surface area contributed by atoms with Crippen LogP contribution >= 0.6 is 35.0 Å². The van der Waals surface area contributed by atoms with E-state index >= 15 is 0 Å². The van der Waals surface area contributed by atoms with E-state index in [1.54, 1.807) is 18.2 Å². The van der Waals surface area contributed by atoms with Crippen molar-refractivity contribution < 1.29 is 14.4 Å². The molecule has 1 aromatic rings. The number of thioether (sulfide) groups is 1.